The van der Waals surface area contributed by atoms with Gasteiger partial charge in [0.2, 0.25) is 0 Å². The average Bonchev–Trinajstić information content (AvgIpc) is 2.96. The highest BCUT2D eigenvalue weighted by molar-refractivity contribution is 6.05. The Hall–Kier alpha value is -1.77. The van der Waals surface area contributed by atoms with Gasteiger partial charge >= 0.3 is 0 Å². The van der Waals surface area contributed by atoms with Gasteiger partial charge in [0, 0.05) is 17.1 Å². The molecule has 18 heavy (non-hydrogen) atoms. The number of para-hydroxylation sites is 1. The van der Waals surface area contributed by atoms with Gasteiger partial charge < -0.3 is 10.3 Å². The van der Waals surface area contributed by atoms with Crippen molar-refractivity contribution in [2.75, 3.05) is 0 Å². The molecule has 1 heterocycles. The van der Waals surface area contributed by atoms with Crippen LogP contribution in [0.25, 0.3) is 10.9 Å². The van der Waals surface area contributed by atoms with Crippen molar-refractivity contribution in [1.82, 2.24) is 10.3 Å². The maximum absolute atomic E-state index is 12.4. The largest absolute Gasteiger partial charge is 0.361 e. The van der Waals surface area contributed by atoms with Crippen LogP contribution >= 0.6 is 0 Å². The summed E-state index contributed by atoms with van der Waals surface area (Å²) in [5.74, 6) is 0.0347. The van der Waals surface area contributed by atoms with Crippen LogP contribution in [0.4, 0.5) is 0 Å². The molecule has 0 spiro atoms. The van der Waals surface area contributed by atoms with Crippen LogP contribution in [-0.4, -0.2) is 16.4 Å². The third-order valence-corrected chi connectivity index (χ3v) is 3.95. The summed E-state index contributed by atoms with van der Waals surface area (Å²) in [4.78, 5) is 15.5. The summed E-state index contributed by atoms with van der Waals surface area (Å²) >= 11 is 0. The second-order valence-electron chi connectivity index (χ2n) is 5.47. The lowest BCUT2D eigenvalue weighted by Gasteiger charge is -2.25. The first-order chi connectivity index (χ1) is 8.68. The zero-order valence-electron chi connectivity index (χ0n) is 10.6. The van der Waals surface area contributed by atoms with Crippen molar-refractivity contribution in [1.29, 1.82) is 0 Å². The number of H-pyrrole nitrogens is 1. The first-order valence-corrected chi connectivity index (χ1v) is 6.57. The van der Waals surface area contributed by atoms with Crippen LogP contribution in [0.15, 0.2) is 30.5 Å². The van der Waals surface area contributed by atoms with Crippen molar-refractivity contribution in [3.8, 4) is 0 Å². The number of carbonyl (C=O) groups excluding carboxylic acids is 1. The number of carbonyl (C=O) groups is 1. The molecule has 0 radical (unpaired) electrons. The van der Waals surface area contributed by atoms with E-state index in [1.807, 2.05) is 30.5 Å². The van der Waals surface area contributed by atoms with Crippen LogP contribution in [0.3, 0.4) is 0 Å². The fraction of sp³-hybridized carbons (Fsp3) is 0.400. The summed E-state index contributed by atoms with van der Waals surface area (Å²) < 4.78 is 0. The molecule has 0 bridgehead atoms. The van der Waals surface area contributed by atoms with Gasteiger partial charge in [0.05, 0.1) is 11.1 Å². The second-order valence-corrected chi connectivity index (χ2v) is 5.47. The molecular weight excluding hydrogens is 224 g/mol. The summed E-state index contributed by atoms with van der Waals surface area (Å²) in [7, 11) is 0. The summed E-state index contributed by atoms with van der Waals surface area (Å²) in [6.07, 6.45) is 6.46. The highest BCUT2D eigenvalue weighted by Gasteiger charge is 2.30. The van der Waals surface area contributed by atoms with Gasteiger partial charge in [0.1, 0.15) is 0 Å². The number of aromatic nitrogens is 1. The molecule has 1 aliphatic carbocycles. The Kier molecular flexibility index (Phi) is 2.62. The molecule has 0 atom stereocenters. The molecule has 2 aromatic rings. The van der Waals surface area contributed by atoms with Gasteiger partial charge in [-0.15, -0.1) is 0 Å². The van der Waals surface area contributed by atoms with Crippen molar-refractivity contribution in [3.63, 3.8) is 0 Å². The van der Waals surface area contributed by atoms with Crippen LogP contribution < -0.4 is 5.32 Å². The molecule has 1 aliphatic rings. The fourth-order valence-corrected chi connectivity index (χ4v) is 2.90. The lowest BCUT2D eigenvalue weighted by atomic mass is 9.99. The standard InChI is InChI=1S/C15H18N2O/c1-15(8-2-3-9-15)17-14(18)12-6-4-5-11-7-10-16-13(11)12/h4-7,10,16H,2-3,8-9H2,1H3,(H,17,18). The number of hydrogen-bond acceptors (Lipinski definition) is 1. The van der Waals surface area contributed by atoms with Crippen LogP contribution in [0, 0.1) is 0 Å². The molecule has 1 aromatic heterocycles. The fourth-order valence-electron chi connectivity index (χ4n) is 2.90. The lowest BCUT2D eigenvalue weighted by Crippen LogP contribution is -2.43. The molecule has 3 rings (SSSR count). The zero-order valence-corrected chi connectivity index (χ0v) is 10.6. The Labute approximate surface area is 107 Å². The molecule has 3 nitrogen and oxygen atoms in total. The van der Waals surface area contributed by atoms with Crippen molar-refractivity contribution >= 4 is 16.8 Å². The first-order valence-electron chi connectivity index (χ1n) is 6.57. The molecule has 1 amide bonds. The summed E-state index contributed by atoms with van der Waals surface area (Å²) in [5, 5.41) is 4.28. The molecule has 3 heteroatoms. The van der Waals surface area contributed by atoms with Gasteiger partial charge in [-0.1, -0.05) is 25.0 Å². The first kappa shape index (κ1) is 11.3. The smallest absolute Gasteiger partial charge is 0.253 e. The Morgan fingerprint density at radius 3 is 2.83 bits per heavy atom. The molecular formula is C15H18N2O. The Morgan fingerprint density at radius 2 is 2.06 bits per heavy atom. The number of fused-ring (bicyclic) bond motifs is 1. The third-order valence-electron chi connectivity index (χ3n) is 3.95. The highest BCUT2D eigenvalue weighted by Crippen LogP contribution is 2.29. The van der Waals surface area contributed by atoms with E-state index in [-0.39, 0.29) is 11.4 Å². The molecule has 1 fully saturated rings. The molecule has 1 aromatic carbocycles. The minimum absolute atomic E-state index is 0.0220. The van der Waals surface area contributed by atoms with E-state index in [0.717, 1.165) is 29.3 Å². The Balaban J connectivity index is 1.90. The molecule has 0 saturated heterocycles. The average molecular weight is 242 g/mol. The van der Waals surface area contributed by atoms with Crippen molar-refractivity contribution in [3.05, 3.63) is 36.0 Å². The van der Waals surface area contributed by atoms with Crippen molar-refractivity contribution in [2.24, 2.45) is 0 Å². The predicted octanol–water partition coefficient (Wildman–Crippen LogP) is 3.23. The number of amides is 1. The topological polar surface area (TPSA) is 44.9 Å². The minimum Gasteiger partial charge on any atom is -0.361 e. The van der Waals surface area contributed by atoms with E-state index in [0.29, 0.717) is 0 Å². The van der Waals surface area contributed by atoms with Crippen LogP contribution in [0.2, 0.25) is 0 Å². The minimum atomic E-state index is -0.0220. The van der Waals surface area contributed by atoms with E-state index in [2.05, 4.69) is 17.2 Å². The van der Waals surface area contributed by atoms with Crippen molar-refractivity contribution < 1.29 is 4.79 Å². The number of aromatic amines is 1. The number of hydrogen-bond donors (Lipinski definition) is 2. The van der Waals surface area contributed by atoms with E-state index in [4.69, 9.17) is 0 Å². The maximum atomic E-state index is 12.4. The Morgan fingerprint density at radius 1 is 1.28 bits per heavy atom. The van der Waals surface area contributed by atoms with Gasteiger partial charge in [0.25, 0.3) is 5.91 Å². The van der Waals surface area contributed by atoms with Crippen LogP contribution in [-0.2, 0) is 0 Å². The van der Waals surface area contributed by atoms with E-state index >= 15 is 0 Å². The molecule has 0 aliphatic heterocycles. The zero-order chi connectivity index (χ0) is 12.6. The van der Waals surface area contributed by atoms with E-state index in [1.54, 1.807) is 0 Å². The maximum Gasteiger partial charge on any atom is 0.253 e. The third kappa shape index (κ3) is 1.90. The Bertz CT molecular complexity index is 579. The molecule has 0 unspecified atom stereocenters. The van der Waals surface area contributed by atoms with Crippen LogP contribution in [0.5, 0.6) is 0 Å². The number of rotatable bonds is 2. The van der Waals surface area contributed by atoms with Gasteiger partial charge in [-0.3, -0.25) is 4.79 Å². The van der Waals surface area contributed by atoms with E-state index in [9.17, 15) is 4.79 Å². The summed E-state index contributed by atoms with van der Waals surface area (Å²) in [6, 6.07) is 7.82. The normalized spacial score (nSPS) is 18.1. The monoisotopic (exact) mass is 242 g/mol. The van der Waals surface area contributed by atoms with Crippen molar-refractivity contribution in [2.45, 2.75) is 38.1 Å². The van der Waals surface area contributed by atoms with Gasteiger partial charge in [-0.2, -0.15) is 0 Å². The van der Waals surface area contributed by atoms with Gasteiger partial charge in [-0.25, -0.2) is 0 Å². The molecule has 94 valence electrons. The lowest BCUT2D eigenvalue weighted by molar-refractivity contribution is 0.0909. The second kappa shape index (κ2) is 4.16. The van der Waals surface area contributed by atoms with Gasteiger partial charge in [0.15, 0.2) is 0 Å². The van der Waals surface area contributed by atoms with Crippen LogP contribution in [0.1, 0.15) is 43.0 Å². The quantitative estimate of drug-likeness (QED) is 0.834. The van der Waals surface area contributed by atoms with E-state index in [1.165, 1.54) is 12.8 Å². The predicted molar refractivity (Wildman–Crippen MR) is 72.6 cm³/mol. The number of benzene rings is 1. The summed E-state index contributed by atoms with van der Waals surface area (Å²) in [5.41, 5.74) is 1.65. The number of nitrogens with one attached hydrogen (secondary N) is 2. The summed E-state index contributed by atoms with van der Waals surface area (Å²) in [6.45, 7) is 2.15. The van der Waals surface area contributed by atoms with Gasteiger partial charge in [-0.05, 0) is 31.9 Å². The van der Waals surface area contributed by atoms with E-state index < -0.39 is 0 Å². The SMILES string of the molecule is CC1(NC(=O)c2cccc3cc[nH]c23)CCCC1. The molecule has 2 N–H and O–H groups in total. The molecule has 1 saturated carbocycles. The highest BCUT2D eigenvalue weighted by atomic mass is 16.1.